The quantitative estimate of drug-likeness (QED) is 0.757. The minimum atomic E-state index is -1.02. The van der Waals surface area contributed by atoms with E-state index in [9.17, 15) is 9.59 Å². The number of rotatable bonds is 8. The molecule has 1 atom stereocenters. The van der Waals surface area contributed by atoms with Gasteiger partial charge in [0.15, 0.2) is 5.82 Å². The molecule has 1 heterocycles. The van der Waals surface area contributed by atoms with Crippen LogP contribution in [0, 0.1) is 5.92 Å². The van der Waals surface area contributed by atoms with Crippen molar-refractivity contribution in [1.82, 2.24) is 15.5 Å². The van der Waals surface area contributed by atoms with E-state index in [1.807, 2.05) is 27.7 Å². The second-order valence-corrected chi connectivity index (χ2v) is 5.79. The fourth-order valence-corrected chi connectivity index (χ4v) is 1.78. The van der Waals surface area contributed by atoms with Crippen LogP contribution in [-0.2, 0) is 16.0 Å². The topological polar surface area (TPSA) is 105 Å². The standard InChI is InChI=1S/C14H23N3O4/c1-8(2)7-10(14(19)20)15-11(18)5-6-12-16-13(9(3)4)17-21-12/h8-10H,5-7H2,1-4H3,(H,15,18)(H,19,20). The van der Waals surface area contributed by atoms with Gasteiger partial charge in [-0.3, -0.25) is 4.79 Å². The van der Waals surface area contributed by atoms with Gasteiger partial charge in [-0.2, -0.15) is 4.98 Å². The van der Waals surface area contributed by atoms with Crippen LogP contribution in [0.4, 0.5) is 0 Å². The molecule has 0 saturated heterocycles. The molecule has 0 spiro atoms. The number of hydrogen-bond donors (Lipinski definition) is 2. The van der Waals surface area contributed by atoms with Crippen molar-refractivity contribution in [1.29, 1.82) is 0 Å². The van der Waals surface area contributed by atoms with E-state index in [4.69, 9.17) is 9.63 Å². The van der Waals surface area contributed by atoms with E-state index in [0.717, 1.165) is 0 Å². The Morgan fingerprint density at radius 3 is 2.43 bits per heavy atom. The van der Waals surface area contributed by atoms with E-state index in [1.165, 1.54) is 0 Å². The van der Waals surface area contributed by atoms with Gasteiger partial charge in [-0.15, -0.1) is 0 Å². The average Bonchev–Trinajstić information content (AvgIpc) is 2.83. The Labute approximate surface area is 124 Å². The highest BCUT2D eigenvalue weighted by atomic mass is 16.5. The van der Waals surface area contributed by atoms with E-state index >= 15 is 0 Å². The third kappa shape index (κ3) is 5.93. The Morgan fingerprint density at radius 1 is 1.29 bits per heavy atom. The first-order chi connectivity index (χ1) is 9.79. The maximum atomic E-state index is 11.8. The van der Waals surface area contributed by atoms with Crippen LogP contribution in [0.25, 0.3) is 0 Å². The number of carboxylic acids is 1. The summed E-state index contributed by atoms with van der Waals surface area (Å²) in [6.45, 7) is 7.72. The van der Waals surface area contributed by atoms with Gasteiger partial charge in [-0.25, -0.2) is 4.79 Å². The molecule has 0 aliphatic rings. The molecule has 2 N–H and O–H groups in total. The molecule has 21 heavy (non-hydrogen) atoms. The molecule has 0 saturated carbocycles. The van der Waals surface area contributed by atoms with Crippen molar-refractivity contribution in [3.8, 4) is 0 Å². The maximum absolute atomic E-state index is 11.8. The molecule has 7 nitrogen and oxygen atoms in total. The minimum absolute atomic E-state index is 0.127. The van der Waals surface area contributed by atoms with Crippen LogP contribution in [0.2, 0.25) is 0 Å². The SMILES string of the molecule is CC(C)CC(NC(=O)CCc1nc(C(C)C)no1)C(=O)O. The highest BCUT2D eigenvalue weighted by Gasteiger charge is 2.21. The number of carboxylic acid groups (broad SMARTS) is 1. The van der Waals surface area contributed by atoms with Crippen LogP contribution in [0.15, 0.2) is 4.52 Å². The van der Waals surface area contributed by atoms with Crippen LogP contribution in [0.1, 0.15) is 58.2 Å². The number of hydrogen-bond acceptors (Lipinski definition) is 5. The predicted molar refractivity (Wildman–Crippen MR) is 75.7 cm³/mol. The predicted octanol–water partition coefficient (Wildman–Crippen LogP) is 1.74. The number of nitrogens with one attached hydrogen (secondary N) is 1. The second-order valence-electron chi connectivity index (χ2n) is 5.79. The van der Waals surface area contributed by atoms with Crippen molar-refractivity contribution in [2.45, 2.75) is 58.9 Å². The maximum Gasteiger partial charge on any atom is 0.326 e. The van der Waals surface area contributed by atoms with Crippen molar-refractivity contribution < 1.29 is 19.2 Å². The Morgan fingerprint density at radius 2 is 1.95 bits per heavy atom. The summed E-state index contributed by atoms with van der Waals surface area (Å²) in [5, 5.41) is 15.4. The van der Waals surface area contributed by atoms with E-state index in [1.54, 1.807) is 0 Å². The number of carbonyl (C=O) groups is 2. The third-order valence-electron chi connectivity index (χ3n) is 2.91. The Balaban J connectivity index is 2.46. The molecule has 0 fully saturated rings. The lowest BCUT2D eigenvalue weighted by Crippen LogP contribution is -2.41. The molecule has 1 unspecified atom stereocenters. The van der Waals surface area contributed by atoms with Gasteiger partial charge in [0.1, 0.15) is 6.04 Å². The third-order valence-corrected chi connectivity index (χ3v) is 2.91. The molecule has 1 aromatic rings. The minimum Gasteiger partial charge on any atom is -0.480 e. The lowest BCUT2D eigenvalue weighted by molar-refractivity contribution is -0.142. The number of aromatic nitrogens is 2. The van der Waals surface area contributed by atoms with Crippen LogP contribution in [-0.4, -0.2) is 33.2 Å². The van der Waals surface area contributed by atoms with Crippen LogP contribution >= 0.6 is 0 Å². The first kappa shape index (κ1) is 17.1. The lowest BCUT2D eigenvalue weighted by atomic mass is 10.0. The highest BCUT2D eigenvalue weighted by Crippen LogP contribution is 2.11. The fourth-order valence-electron chi connectivity index (χ4n) is 1.78. The van der Waals surface area contributed by atoms with E-state index in [0.29, 0.717) is 24.6 Å². The molecular weight excluding hydrogens is 274 g/mol. The molecule has 0 aliphatic heterocycles. The summed E-state index contributed by atoms with van der Waals surface area (Å²) >= 11 is 0. The largest absolute Gasteiger partial charge is 0.480 e. The Kier molecular flexibility index (Phi) is 6.33. The van der Waals surface area contributed by atoms with Gasteiger partial charge >= 0.3 is 5.97 Å². The molecular formula is C14H23N3O4. The molecule has 1 aromatic heterocycles. The van der Waals surface area contributed by atoms with Crippen LogP contribution < -0.4 is 5.32 Å². The van der Waals surface area contributed by atoms with Crippen molar-refractivity contribution in [3.05, 3.63) is 11.7 Å². The molecule has 0 radical (unpaired) electrons. The van der Waals surface area contributed by atoms with E-state index < -0.39 is 12.0 Å². The van der Waals surface area contributed by atoms with Crippen molar-refractivity contribution >= 4 is 11.9 Å². The first-order valence-corrected chi connectivity index (χ1v) is 7.14. The second kappa shape index (κ2) is 7.75. The summed E-state index contributed by atoms with van der Waals surface area (Å²) in [5.74, 6) is 0.0113. The number of carbonyl (C=O) groups excluding carboxylic acids is 1. The number of amides is 1. The fraction of sp³-hybridized carbons (Fsp3) is 0.714. The zero-order valence-electron chi connectivity index (χ0n) is 12.9. The molecule has 118 valence electrons. The van der Waals surface area contributed by atoms with Gasteiger partial charge in [0.05, 0.1) is 0 Å². The van der Waals surface area contributed by atoms with Gasteiger partial charge in [-0.1, -0.05) is 32.9 Å². The molecule has 0 aromatic carbocycles. The summed E-state index contributed by atoms with van der Waals surface area (Å²) in [6.07, 6.45) is 0.834. The van der Waals surface area contributed by atoms with Crippen LogP contribution in [0.5, 0.6) is 0 Å². The zero-order valence-corrected chi connectivity index (χ0v) is 12.9. The molecule has 0 aliphatic carbocycles. The van der Waals surface area contributed by atoms with Crippen molar-refractivity contribution in [2.75, 3.05) is 0 Å². The summed E-state index contributed by atoms with van der Waals surface area (Å²) < 4.78 is 5.04. The normalized spacial score (nSPS) is 12.7. The summed E-state index contributed by atoms with van der Waals surface area (Å²) in [6, 6.07) is -0.855. The van der Waals surface area contributed by atoms with Gasteiger partial charge in [-0.05, 0) is 12.3 Å². The van der Waals surface area contributed by atoms with Crippen molar-refractivity contribution in [2.24, 2.45) is 5.92 Å². The zero-order chi connectivity index (χ0) is 16.0. The number of aryl methyl sites for hydroxylation is 1. The monoisotopic (exact) mass is 297 g/mol. The molecule has 7 heteroatoms. The summed E-state index contributed by atoms with van der Waals surface area (Å²) in [5.41, 5.74) is 0. The van der Waals surface area contributed by atoms with E-state index in [-0.39, 0.29) is 24.2 Å². The Hall–Kier alpha value is -1.92. The molecule has 0 bridgehead atoms. The summed E-state index contributed by atoms with van der Waals surface area (Å²) in [4.78, 5) is 27.0. The highest BCUT2D eigenvalue weighted by molar-refractivity contribution is 5.83. The van der Waals surface area contributed by atoms with Crippen LogP contribution in [0.3, 0.4) is 0 Å². The van der Waals surface area contributed by atoms with Gasteiger partial charge in [0.25, 0.3) is 0 Å². The first-order valence-electron chi connectivity index (χ1n) is 7.14. The Bertz CT molecular complexity index is 482. The lowest BCUT2D eigenvalue weighted by Gasteiger charge is -2.16. The average molecular weight is 297 g/mol. The molecule has 1 amide bonds. The smallest absolute Gasteiger partial charge is 0.326 e. The summed E-state index contributed by atoms with van der Waals surface area (Å²) in [7, 11) is 0. The number of nitrogens with zero attached hydrogens (tertiary/aromatic N) is 2. The van der Waals surface area contributed by atoms with Gasteiger partial charge in [0, 0.05) is 18.8 Å². The van der Waals surface area contributed by atoms with Gasteiger partial charge < -0.3 is 14.9 Å². The van der Waals surface area contributed by atoms with Crippen molar-refractivity contribution in [3.63, 3.8) is 0 Å². The number of aliphatic carboxylic acids is 1. The molecule has 1 rings (SSSR count). The van der Waals surface area contributed by atoms with Gasteiger partial charge in [0.2, 0.25) is 11.8 Å². The van der Waals surface area contributed by atoms with E-state index in [2.05, 4.69) is 15.5 Å².